The number of hydrogen-bond donors (Lipinski definition) is 0. The van der Waals surface area contributed by atoms with Gasteiger partial charge in [-0.3, -0.25) is 10.1 Å². The van der Waals surface area contributed by atoms with Gasteiger partial charge in [0.25, 0.3) is 5.69 Å². The van der Waals surface area contributed by atoms with Crippen LogP contribution in [0.2, 0.25) is 0 Å². The van der Waals surface area contributed by atoms with Gasteiger partial charge in [0, 0.05) is 22.6 Å². The first-order chi connectivity index (χ1) is 8.50. The molecule has 0 bridgehead atoms. The molecule has 4 nitrogen and oxygen atoms in total. The van der Waals surface area contributed by atoms with Crippen molar-refractivity contribution < 1.29 is 4.92 Å². The fraction of sp³-hybridized carbons (Fsp3) is 0.538. The van der Waals surface area contributed by atoms with E-state index in [1.165, 1.54) is 6.42 Å². The predicted octanol–water partition coefficient (Wildman–Crippen LogP) is 4.12. The largest absolute Gasteiger partial charge is 0.361 e. The number of rotatable bonds is 2. The Bertz CT molecular complexity index is 454. The SMILES string of the molecule is CC1CCCC(C)N1c1ccc(Br)cc1[N+](=O)[O-]. The number of hydrogen-bond acceptors (Lipinski definition) is 3. The van der Waals surface area contributed by atoms with E-state index < -0.39 is 0 Å². The molecule has 0 aromatic heterocycles. The summed E-state index contributed by atoms with van der Waals surface area (Å²) in [4.78, 5) is 13.1. The van der Waals surface area contributed by atoms with Crippen LogP contribution in [0.4, 0.5) is 11.4 Å². The molecular weight excluding hydrogens is 296 g/mol. The van der Waals surface area contributed by atoms with Gasteiger partial charge in [0.2, 0.25) is 0 Å². The summed E-state index contributed by atoms with van der Waals surface area (Å²) in [6.07, 6.45) is 3.39. The maximum Gasteiger partial charge on any atom is 0.293 e. The monoisotopic (exact) mass is 312 g/mol. The van der Waals surface area contributed by atoms with E-state index in [1.54, 1.807) is 6.07 Å². The lowest BCUT2D eigenvalue weighted by Gasteiger charge is -2.40. The van der Waals surface area contributed by atoms with E-state index in [2.05, 4.69) is 34.7 Å². The van der Waals surface area contributed by atoms with Gasteiger partial charge < -0.3 is 4.90 Å². The molecule has 2 rings (SSSR count). The van der Waals surface area contributed by atoms with Gasteiger partial charge in [0.1, 0.15) is 5.69 Å². The smallest absolute Gasteiger partial charge is 0.293 e. The first kappa shape index (κ1) is 13.3. The molecule has 1 aliphatic rings. The minimum absolute atomic E-state index is 0.185. The summed E-state index contributed by atoms with van der Waals surface area (Å²) < 4.78 is 0.746. The molecule has 0 spiro atoms. The molecule has 0 aliphatic carbocycles. The van der Waals surface area contributed by atoms with Gasteiger partial charge in [-0.25, -0.2) is 0 Å². The Morgan fingerprint density at radius 2 is 1.94 bits per heavy atom. The lowest BCUT2D eigenvalue weighted by molar-refractivity contribution is -0.384. The van der Waals surface area contributed by atoms with Crippen LogP contribution in [0.1, 0.15) is 33.1 Å². The molecule has 2 unspecified atom stereocenters. The van der Waals surface area contributed by atoms with Gasteiger partial charge in [0.05, 0.1) is 4.92 Å². The van der Waals surface area contributed by atoms with Crippen molar-refractivity contribution in [2.75, 3.05) is 4.90 Å². The van der Waals surface area contributed by atoms with E-state index in [0.29, 0.717) is 12.1 Å². The fourth-order valence-electron chi connectivity index (χ4n) is 2.76. The third-order valence-corrected chi connectivity index (χ3v) is 4.10. The van der Waals surface area contributed by atoms with Crippen molar-refractivity contribution in [1.29, 1.82) is 0 Å². The third-order valence-electron chi connectivity index (χ3n) is 3.61. The van der Waals surface area contributed by atoms with Gasteiger partial charge in [-0.1, -0.05) is 15.9 Å². The zero-order chi connectivity index (χ0) is 13.3. The third kappa shape index (κ3) is 2.51. The van der Waals surface area contributed by atoms with Crippen LogP contribution in [0, 0.1) is 10.1 Å². The number of nitro benzene ring substituents is 1. The molecule has 5 heteroatoms. The molecule has 1 aromatic rings. The van der Waals surface area contributed by atoms with Crippen molar-refractivity contribution in [3.8, 4) is 0 Å². The highest BCUT2D eigenvalue weighted by Gasteiger charge is 2.29. The quantitative estimate of drug-likeness (QED) is 0.609. The van der Waals surface area contributed by atoms with Crippen molar-refractivity contribution in [2.24, 2.45) is 0 Å². The Labute approximate surface area is 115 Å². The lowest BCUT2D eigenvalue weighted by atomic mass is 9.96. The Kier molecular flexibility index (Phi) is 3.90. The molecule has 98 valence electrons. The van der Waals surface area contributed by atoms with E-state index in [0.717, 1.165) is 23.0 Å². The topological polar surface area (TPSA) is 46.4 Å². The zero-order valence-electron chi connectivity index (χ0n) is 10.6. The maximum absolute atomic E-state index is 11.2. The van der Waals surface area contributed by atoms with Crippen molar-refractivity contribution in [3.05, 3.63) is 32.8 Å². The summed E-state index contributed by atoms with van der Waals surface area (Å²) in [6, 6.07) is 6.02. The van der Waals surface area contributed by atoms with Gasteiger partial charge in [0.15, 0.2) is 0 Å². The van der Waals surface area contributed by atoms with E-state index in [9.17, 15) is 10.1 Å². The first-order valence-electron chi connectivity index (χ1n) is 6.23. The Morgan fingerprint density at radius 3 is 2.50 bits per heavy atom. The number of benzene rings is 1. The highest BCUT2D eigenvalue weighted by molar-refractivity contribution is 9.10. The van der Waals surface area contributed by atoms with E-state index in [4.69, 9.17) is 0 Å². The Balaban J connectivity index is 2.45. The molecule has 0 radical (unpaired) electrons. The van der Waals surface area contributed by atoms with Crippen molar-refractivity contribution in [2.45, 2.75) is 45.2 Å². The second-order valence-electron chi connectivity index (χ2n) is 4.93. The lowest BCUT2D eigenvalue weighted by Crippen LogP contribution is -2.44. The van der Waals surface area contributed by atoms with Crippen LogP contribution in [0.3, 0.4) is 0 Å². The van der Waals surface area contributed by atoms with Gasteiger partial charge in [-0.2, -0.15) is 0 Å². The Hall–Kier alpha value is -1.10. The normalized spacial score (nSPS) is 24.1. The van der Waals surface area contributed by atoms with E-state index >= 15 is 0 Å². The molecule has 0 saturated carbocycles. The van der Waals surface area contributed by atoms with Gasteiger partial charge in [-0.05, 0) is 45.2 Å². The minimum Gasteiger partial charge on any atom is -0.361 e. The molecule has 1 aliphatic heterocycles. The molecule has 2 atom stereocenters. The maximum atomic E-state index is 11.2. The average molecular weight is 313 g/mol. The van der Waals surface area contributed by atoms with Crippen LogP contribution in [-0.2, 0) is 0 Å². The van der Waals surface area contributed by atoms with Crippen molar-refractivity contribution in [1.82, 2.24) is 0 Å². The number of halogens is 1. The van der Waals surface area contributed by atoms with Gasteiger partial charge in [-0.15, -0.1) is 0 Å². The van der Waals surface area contributed by atoms with Crippen LogP contribution < -0.4 is 4.90 Å². The summed E-state index contributed by atoms with van der Waals surface area (Å²) in [7, 11) is 0. The van der Waals surface area contributed by atoms with Crippen LogP contribution >= 0.6 is 15.9 Å². The van der Waals surface area contributed by atoms with Crippen molar-refractivity contribution >= 4 is 27.3 Å². The summed E-state index contributed by atoms with van der Waals surface area (Å²) in [5, 5.41) is 11.2. The Morgan fingerprint density at radius 1 is 1.33 bits per heavy atom. The molecule has 1 fully saturated rings. The fourth-order valence-corrected chi connectivity index (χ4v) is 3.11. The van der Waals surface area contributed by atoms with Gasteiger partial charge >= 0.3 is 0 Å². The average Bonchev–Trinajstić information content (AvgIpc) is 2.30. The summed E-state index contributed by atoms with van der Waals surface area (Å²) in [5.74, 6) is 0. The molecular formula is C13H17BrN2O2. The molecule has 0 N–H and O–H groups in total. The van der Waals surface area contributed by atoms with Crippen LogP contribution in [0.5, 0.6) is 0 Å². The summed E-state index contributed by atoms with van der Waals surface area (Å²) in [6.45, 7) is 4.28. The summed E-state index contributed by atoms with van der Waals surface area (Å²) >= 11 is 3.30. The van der Waals surface area contributed by atoms with Crippen molar-refractivity contribution in [3.63, 3.8) is 0 Å². The second-order valence-corrected chi connectivity index (χ2v) is 5.84. The zero-order valence-corrected chi connectivity index (χ0v) is 12.2. The van der Waals surface area contributed by atoms with Crippen LogP contribution in [-0.4, -0.2) is 17.0 Å². The molecule has 1 aromatic carbocycles. The molecule has 1 heterocycles. The standard InChI is InChI=1S/C13H17BrN2O2/c1-9-4-3-5-10(2)15(9)12-7-6-11(14)8-13(12)16(17)18/h6-10H,3-5H2,1-2H3. The number of anilines is 1. The minimum atomic E-state index is -0.297. The van der Waals surface area contributed by atoms with E-state index in [-0.39, 0.29) is 10.6 Å². The highest BCUT2D eigenvalue weighted by atomic mass is 79.9. The highest BCUT2D eigenvalue weighted by Crippen LogP contribution is 2.37. The van der Waals surface area contributed by atoms with E-state index in [1.807, 2.05) is 12.1 Å². The molecule has 18 heavy (non-hydrogen) atoms. The first-order valence-corrected chi connectivity index (χ1v) is 7.02. The second kappa shape index (κ2) is 5.26. The number of piperidine rings is 1. The predicted molar refractivity (Wildman–Crippen MR) is 76.1 cm³/mol. The van der Waals surface area contributed by atoms with Crippen LogP contribution in [0.15, 0.2) is 22.7 Å². The summed E-state index contributed by atoms with van der Waals surface area (Å²) in [5.41, 5.74) is 0.924. The molecule has 0 amide bonds. The number of nitro groups is 1. The molecule has 1 saturated heterocycles. The number of nitrogens with zero attached hydrogens (tertiary/aromatic N) is 2. The van der Waals surface area contributed by atoms with Crippen LogP contribution in [0.25, 0.3) is 0 Å².